The van der Waals surface area contributed by atoms with E-state index in [2.05, 4.69) is 51.8 Å². The van der Waals surface area contributed by atoms with Crippen molar-refractivity contribution >= 4 is 38.1 Å². The Morgan fingerprint density at radius 3 is 2.45 bits per heavy atom. The first-order valence-electron chi connectivity index (χ1n) is 7.28. The Hall–Kier alpha value is 0.290. The fourth-order valence-corrected chi connectivity index (χ4v) is 3.41. The van der Waals surface area contributed by atoms with Crippen molar-refractivity contribution in [3.63, 3.8) is 0 Å². The second-order valence-corrected chi connectivity index (χ2v) is 8.82. The van der Waals surface area contributed by atoms with Crippen LogP contribution in [0.1, 0.15) is 46.0 Å². The van der Waals surface area contributed by atoms with E-state index >= 15 is 0 Å². The monoisotopic (exact) mass is 408 g/mol. The Labute approximate surface area is 137 Å². The van der Waals surface area contributed by atoms with Gasteiger partial charge in [0, 0.05) is 12.8 Å². The predicted octanol–water partition coefficient (Wildman–Crippen LogP) is 4.53. The highest BCUT2D eigenvalue weighted by Gasteiger charge is 2.46. The number of ether oxygens (including phenoxy) is 2. The summed E-state index contributed by atoms with van der Waals surface area (Å²) in [5.41, 5.74) is 0. The van der Waals surface area contributed by atoms with Crippen molar-refractivity contribution in [2.24, 2.45) is 11.8 Å². The van der Waals surface area contributed by atoms with Crippen molar-refractivity contribution in [3.05, 3.63) is 9.47 Å². The van der Waals surface area contributed by atoms with E-state index in [0.717, 1.165) is 41.8 Å². The molecule has 3 nitrogen and oxygen atoms in total. The molecule has 0 aromatic rings. The molecule has 0 aromatic carbocycles. The summed E-state index contributed by atoms with van der Waals surface area (Å²) in [6, 6.07) is 0. The summed E-state index contributed by atoms with van der Waals surface area (Å²) in [7, 11) is 0. The summed E-state index contributed by atoms with van der Waals surface area (Å²) in [4.78, 5) is 11.2. The van der Waals surface area contributed by atoms with Gasteiger partial charge in [-0.1, -0.05) is 19.9 Å². The lowest BCUT2D eigenvalue weighted by molar-refractivity contribution is -0.323. The molecule has 0 saturated carbocycles. The highest BCUT2D eigenvalue weighted by molar-refractivity contribution is 9.28. The van der Waals surface area contributed by atoms with E-state index < -0.39 is 5.79 Å². The fraction of sp³-hybridized carbons (Fsp3) is 0.800. The summed E-state index contributed by atoms with van der Waals surface area (Å²) in [5, 5.41) is 0. The van der Waals surface area contributed by atoms with Gasteiger partial charge < -0.3 is 14.3 Å². The number of carbonyl (C=O) groups excluding carboxylic acids is 1. The largest absolute Gasteiger partial charge is 0.346 e. The summed E-state index contributed by atoms with van der Waals surface area (Å²) in [5.74, 6) is 0.256. The van der Waals surface area contributed by atoms with Gasteiger partial charge in [-0.15, -0.1) is 0 Å². The minimum Gasteiger partial charge on any atom is -0.346 e. The number of halogens is 2. The average molecular weight is 410 g/mol. The topological polar surface area (TPSA) is 35.5 Å². The zero-order chi connectivity index (χ0) is 14.8. The van der Waals surface area contributed by atoms with Crippen molar-refractivity contribution in [2.75, 3.05) is 0 Å². The molecule has 0 N–H and O–H groups in total. The van der Waals surface area contributed by atoms with Gasteiger partial charge >= 0.3 is 0 Å². The molecule has 2 saturated heterocycles. The van der Waals surface area contributed by atoms with Gasteiger partial charge in [0.25, 0.3) is 0 Å². The van der Waals surface area contributed by atoms with Gasteiger partial charge in [-0.3, -0.25) is 0 Å². The Kier molecular flexibility index (Phi) is 5.86. The number of hydrogen-bond acceptors (Lipinski definition) is 3. The third kappa shape index (κ3) is 3.93. The van der Waals surface area contributed by atoms with Crippen LogP contribution in [-0.4, -0.2) is 24.3 Å². The second-order valence-electron chi connectivity index (χ2n) is 6.05. The minimum absolute atomic E-state index is 0.148. The lowest BCUT2D eigenvalue weighted by atomic mass is 9.84. The fourth-order valence-electron chi connectivity index (χ4n) is 3.04. The molecule has 0 amide bonds. The third-order valence-electron chi connectivity index (χ3n) is 4.51. The standard InChI is InChI=1S/C15H22Br2O3/c1-10-5-7-15(19-12(10)3-4-14(16)17)8-6-11(2)13(9-18)20-15/h4,9-13H,3,5-8H2,1-2H3/t10-,11-,12+,13?,15?/m0/s1. The summed E-state index contributed by atoms with van der Waals surface area (Å²) >= 11 is 6.76. The molecular formula is C15H22Br2O3. The van der Waals surface area contributed by atoms with Crippen molar-refractivity contribution in [3.8, 4) is 0 Å². The summed E-state index contributed by atoms with van der Waals surface area (Å²) < 4.78 is 13.3. The van der Waals surface area contributed by atoms with Crippen LogP contribution in [0.4, 0.5) is 0 Å². The lowest BCUT2D eigenvalue weighted by Crippen LogP contribution is -2.52. The highest BCUT2D eigenvalue weighted by Crippen LogP contribution is 2.43. The molecule has 0 bridgehead atoms. The predicted molar refractivity (Wildman–Crippen MR) is 85.9 cm³/mol. The van der Waals surface area contributed by atoms with Crippen LogP contribution in [-0.2, 0) is 14.3 Å². The first kappa shape index (κ1) is 16.7. The van der Waals surface area contributed by atoms with E-state index in [4.69, 9.17) is 9.47 Å². The van der Waals surface area contributed by atoms with E-state index in [9.17, 15) is 4.79 Å². The van der Waals surface area contributed by atoms with Crippen molar-refractivity contribution in [1.82, 2.24) is 0 Å². The average Bonchev–Trinajstić information content (AvgIpc) is 2.43. The first-order chi connectivity index (χ1) is 9.46. The Balaban J connectivity index is 2.05. The van der Waals surface area contributed by atoms with Crippen LogP contribution in [0.25, 0.3) is 0 Å². The molecule has 2 aliphatic rings. The summed E-state index contributed by atoms with van der Waals surface area (Å²) in [6.07, 6.45) is 7.52. The van der Waals surface area contributed by atoms with Crippen LogP contribution in [0.15, 0.2) is 9.47 Å². The highest BCUT2D eigenvalue weighted by atomic mass is 79.9. The maximum atomic E-state index is 11.2. The van der Waals surface area contributed by atoms with E-state index in [1.165, 1.54) is 0 Å². The molecule has 2 rings (SSSR count). The van der Waals surface area contributed by atoms with Crippen LogP contribution in [0.5, 0.6) is 0 Å². The van der Waals surface area contributed by atoms with Gasteiger partial charge in [0.1, 0.15) is 12.4 Å². The van der Waals surface area contributed by atoms with Gasteiger partial charge in [-0.05, 0) is 63.0 Å². The van der Waals surface area contributed by atoms with Crippen LogP contribution in [0, 0.1) is 11.8 Å². The SMILES string of the molecule is C[C@H]1CCC2(CC[C@H](C)[C@@H](CC=C(Br)Br)O2)OC1C=O. The van der Waals surface area contributed by atoms with Gasteiger partial charge in [0.15, 0.2) is 5.79 Å². The summed E-state index contributed by atoms with van der Waals surface area (Å²) in [6.45, 7) is 4.29. The molecule has 20 heavy (non-hydrogen) atoms. The second kappa shape index (κ2) is 7.03. The normalized spacial score (nSPS) is 41.4. The molecule has 2 unspecified atom stereocenters. The van der Waals surface area contributed by atoms with E-state index in [-0.39, 0.29) is 18.1 Å². The third-order valence-corrected chi connectivity index (χ3v) is 5.16. The Morgan fingerprint density at radius 2 is 1.85 bits per heavy atom. The van der Waals surface area contributed by atoms with Crippen molar-refractivity contribution < 1.29 is 14.3 Å². The molecule has 114 valence electrons. The molecule has 2 heterocycles. The zero-order valence-corrected chi connectivity index (χ0v) is 15.2. The maximum absolute atomic E-state index is 11.2. The Bertz CT molecular complexity index is 377. The van der Waals surface area contributed by atoms with Crippen LogP contribution < -0.4 is 0 Å². The molecule has 0 aromatic heterocycles. The molecule has 2 fully saturated rings. The smallest absolute Gasteiger partial charge is 0.169 e. The Morgan fingerprint density at radius 1 is 1.20 bits per heavy atom. The van der Waals surface area contributed by atoms with E-state index in [1.807, 2.05) is 0 Å². The molecule has 2 aliphatic heterocycles. The van der Waals surface area contributed by atoms with Crippen molar-refractivity contribution in [1.29, 1.82) is 0 Å². The number of aldehydes is 1. The molecule has 5 atom stereocenters. The maximum Gasteiger partial charge on any atom is 0.169 e. The number of hydrogen-bond donors (Lipinski definition) is 0. The number of rotatable bonds is 3. The van der Waals surface area contributed by atoms with Gasteiger partial charge in [0.05, 0.1) is 9.50 Å². The van der Waals surface area contributed by atoms with Gasteiger partial charge in [-0.25, -0.2) is 0 Å². The molecule has 0 aliphatic carbocycles. The van der Waals surface area contributed by atoms with E-state index in [0.29, 0.717) is 5.92 Å². The quantitative estimate of drug-likeness (QED) is 0.642. The minimum atomic E-state index is -0.540. The molecule has 1 spiro atoms. The van der Waals surface area contributed by atoms with Crippen LogP contribution >= 0.6 is 31.9 Å². The molecule has 5 heteroatoms. The van der Waals surface area contributed by atoms with Crippen LogP contribution in [0.2, 0.25) is 0 Å². The van der Waals surface area contributed by atoms with Gasteiger partial charge in [-0.2, -0.15) is 0 Å². The van der Waals surface area contributed by atoms with E-state index in [1.54, 1.807) is 0 Å². The van der Waals surface area contributed by atoms with Crippen LogP contribution in [0.3, 0.4) is 0 Å². The zero-order valence-electron chi connectivity index (χ0n) is 12.0. The first-order valence-corrected chi connectivity index (χ1v) is 8.86. The number of carbonyl (C=O) groups is 1. The molecular weight excluding hydrogens is 388 g/mol. The van der Waals surface area contributed by atoms with Crippen molar-refractivity contribution in [2.45, 2.75) is 63.9 Å². The van der Waals surface area contributed by atoms with Gasteiger partial charge in [0.2, 0.25) is 0 Å². The molecule has 0 radical (unpaired) electrons. The lowest BCUT2D eigenvalue weighted by Gasteiger charge is -2.48.